The van der Waals surface area contributed by atoms with Crippen LogP contribution in [0.4, 0.5) is 23.8 Å². The van der Waals surface area contributed by atoms with Gasteiger partial charge >= 0.3 is 0 Å². The first-order chi connectivity index (χ1) is 31.6. The zero-order valence-corrected chi connectivity index (χ0v) is 39.0. The fraction of sp³-hybridized carbons (Fsp3) is 0.400. The van der Waals surface area contributed by atoms with Crippen LogP contribution in [0.25, 0.3) is 23.0 Å². The van der Waals surface area contributed by atoms with Gasteiger partial charge in [0.2, 0.25) is 23.8 Å². The second kappa shape index (κ2) is 34.8. The van der Waals surface area contributed by atoms with Gasteiger partial charge in [-0.15, -0.1) is 10.2 Å². The molecule has 64 heavy (non-hydrogen) atoms. The van der Waals surface area contributed by atoms with Gasteiger partial charge in [0.15, 0.2) is 11.6 Å². The molecule has 0 amide bonds. The molecule has 0 bridgehead atoms. The van der Waals surface area contributed by atoms with Gasteiger partial charge in [-0.25, -0.2) is 59.2 Å². The Bertz CT molecular complexity index is 2070. The van der Waals surface area contributed by atoms with Crippen LogP contribution in [0.15, 0.2) is 99.9 Å². The van der Waals surface area contributed by atoms with E-state index in [1.54, 1.807) is 80.7 Å². The van der Waals surface area contributed by atoms with Crippen molar-refractivity contribution in [3.8, 4) is 23.0 Å². The van der Waals surface area contributed by atoms with Crippen LogP contribution in [-0.2, 0) is 0 Å². The summed E-state index contributed by atoms with van der Waals surface area (Å²) >= 11 is 0. The number of hydrogen-bond donors (Lipinski definition) is 4. The average molecular weight is 881 g/mol. The van der Waals surface area contributed by atoms with E-state index < -0.39 is 0 Å². The summed E-state index contributed by atoms with van der Waals surface area (Å²) in [6.07, 6.45) is 22.2. The highest BCUT2D eigenvalue weighted by molar-refractivity contribution is 5.36. The monoisotopic (exact) mass is 881 g/mol. The van der Waals surface area contributed by atoms with Gasteiger partial charge in [0, 0.05) is 50.7 Å². The molecule has 0 saturated heterocycles. The molecule has 344 valence electrons. The smallest absolute Gasteiger partial charge is 0.242 e. The summed E-state index contributed by atoms with van der Waals surface area (Å²) in [6, 6.07) is 3.54. The molecule has 24 nitrogen and oxygen atoms in total. The van der Waals surface area contributed by atoms with Crippen LogP contribution in [-0.4, -0.2) is 125 Å². The van der Waals surface area contributed by atoms with Crippen molar-refractivity contribution >= 4 is 23.8 Å². The van der Waals surface area contributed by atoms with Gasteiger partial charge in [-0.05, 0) is 27.7 Å². The van der Waals surface area contributed by atoms with Gasteiger partial charge in [0.05, 0.1) is 24.8 Å². The molecular weight excluding hydrogens is 817 g/mol. The third-order valence-electron chi connectivity index (χ3n) is 6.60. The minimum atomic E-state index is 0.603. The molecule has 0 aliphatic heterocycles. The Balaban J connectivity index is 0.000000405. The van der Waals surface area contributed by atoms with E-state index in [9.17, 15) is 0 Å². The van der Waals surface area contributed by atoms with E-state index in [1.807, 2.05) is 83.1 Å². The highest BCUT2D eigenvalue weighted by Crippen LogP contribution is 2.10. The molecular formula is C40H64N24. The van der Waals surface area contributed by atoms with E-state index in [0.717, 1.165) is 37.6 Å². The first-order valence-electron chi connectivity index (χ1n) is 21.3. The SMILES string of the molecule is CC.CC.CC.CC.CCNc1ncn(-c2ccncn2)n1.CCNc1ncn(-c2ccncn2)n1.CCNc1ncnn1-c1cncnc1.CCNc1ncnn1-c1cncnc1. The molecule has 0 aliphatic carbocycles. The molecule has 8 aromatic heterocycles. The van der Waals surface area contributed by atoms with Gasteiger partial charge < -0.3 is 21.3 Å². The van der Waals surface area contributed by atoms with Crippen molar-refractivity contribution in [2.45, 2.75) is 83.1 Å². The summed E-state index contributed by atoms with van der Waals surface area (Å²) in [7, 11) is 0. The molecule has 0 saturated carbocycles. The zero-order valence-electron chi connectivity index (χ0n) is 39.0. The first kappa shape index (κ1) is 54.1. The Labute approximate surface area is 375 Å². The number of rotatable bonds is 12. The van der Waals surface area contributed by atoms with E-state index in [-0.39, 0.29) is 0 Å². The lowest BCUT2D eigenvalue weighted by Gasteiger charge is -2.04. The summed E-state index contributed by atoms with van der Waals surface area (Å²) in [5.74, 6) is 4.01. The number of nitrogens with zero attached hydrogens (tertiary/aromatic N) is 20. The van der Waals surface area contributed by atoms with Gasteiger partial charge in [0.1, 0.15) is 62.0 Å². The molecule has 4 N–H and O–H groups in total. The molecule has 0 aliphatic rings. The quantitative estimate of drug-likeness (QED) is 0.108. The van der Waals surface area contributed by atoms with Crippen molar-refractivity contribution in [1.29, 1.82) is 0 Å². The Hall–Kier alpha value is -7.92. The third-order valence-corrected chi connectivity index (χ3v) is 6.60. The van der Waals surface area contributed by atoms with Crippen LogP contribution in [0.5, 0.6) is 0 Å². The maximum absolute atomic E-state index is 4.17. The molecule has 8 heterocycles. The molecule has 0 atom stereocenters. The number of anilines is 4. The van der Waals surface area contributed by atoms with Crippen molar-refractivity contribution in [1.82, 2.24) is 98.9 Å². The van der Waals surface area contributed by atoms with E-state index in [4.69, 9.17) is 0 Å². The Morgan fingerprint density at radius 1 is 0.406 bits per heavy atom. The van der Waals surface area contributed by atoms with Gasteiger partial charge in [-0.3, -0.25) is 0 Å². The lowest BCUT2D eigenvalue weighted by Crippen LogP contribution is -2.06. The van der Waals surface area contributed by atoms with Crippen LogP contribution in [0, 0.1) is 0 Å². The van der Waals surface area contributed by atoms with Crippen molar-refractivity contribution in [2.75, 3.05) is 47.4 Å². The van der Waals surface area contributed by atoms with Crippen LogP contribution in [0.1, 0.15) is 83.1 Å². The lowest BCUT2D eigenvalue weighted by atomic mass is 10.5. The van der Waals surface area contributed by atoms with Crippen LogP contribution in [0.3, 0.4) is 0 Å². The predicted octanol–water partition coefficient (Wildman–Crippen LogP) is 6.06. The maximum Gasteiger partial charge on any atom is 0.242 e. The predicted molar refractivity (Wildman–Crippen MR) is 250 cm³/mol. The molecule has 8 aromatic rings. The third kappa shape index (κ3) is 18.8. The fourth-order valence-electron chi connectivity index (χ4n) is 4.28. The average Bonchev–Trinajstić information content (AvgIpc) is 4.24. The second-order valence-corrected chi connectivity index (χ2v) is 10.5. The van der Waals surface area contributed by atoms with E-state index in [1.165, 1.54) is 38.0 Å². The van der Waals surface area contributed by atoms with Crippen LogP contribution >= 0.6 is 0 Å². The molecule has 24 heteroatoms. The number of hydrogen-bond acceptors (Lipinski definition) is 20. The summed E-state index contributed by atoms with van der Waals surface area (Å²) in [4.78, 5) is 47.7. The summed E-state index contributed by atoms with van der Waals surface area (Å²) in [5.41, 5.74) is 1.59. The molecule has 0 fully saturated rings. The molecule has 0 aromatic carbocycles. The lowest BCUT2D eigenvalue weighted by molar-refractivity contribution is 0.838. The highest BCUT2D eigenvalue weighted by Gasteiger charge is 2.06. The molecule has 0 unspecified atom stereocenters. The van der Waals surface area contributed by atoms with E-state index in [2.05, 4.69) is 101 Å². The second-order valence-electron chi connectivity index (χ2n) is 10.5. The standard InChI is InChI=1S/4C8H10N6.4C2H6/c2*1-2-11-8-12-6-13-14(8)7-3-9-5-10-4-7;2*1-2-10-8-12-6-14(13-8)7-3-4-9-5-11-7;4*1-2/h2*3-6H,2H2,1H3,(H,11,12,13);2*3-6H,2H2,1H3,(H,10,13);4*1-2H3. The largest absolute Gasteiger partial charge is 0.354 e. The summed E-state index contributed by atoms with van der Waals surface area (Å²) in [5, 5.41) is 28.7. The van der Waals surface area contributed by atoms with Gasteiger partial charge in [-0.2, -0.15) is 29.5 Å². The Kier molecular flexibility index (Phi) is 29.4. The Morgan fingerprint density at radius 2 is 0.766 bits per heavy atom. The minimum absolute atomic E-state index is 0.603. The number of aromatic nitrogens is 20. The van der Waals surface area contributed by atoms with E-state index >= 15 is 0 Å². The molecule has 8 rings (SSSR count). The van der Waals surface area contributed by atoms with Crippen molar-refractivity contribution in [3.05, 3.63) is 99.9 Å². The van der Waals surface area contributed by atoms with Gasteiger partial charge in [0.25, 0.3) is 0 Å². The fourth-order valence-corrected chi connectivity index (χ4v) is 4.28. The topological polar surface area (TPSA) is 274 Å². The summed E-state index contributed by atoms with van der Waals surface area (Å²) in [6.45, 7) is 27.2. The van der Waals surface area contributed by atoms with Crippen molar-refractivity contribution < 1.29 is 0 Å². The molecule has 0 radical (unpaired) electrons. The number of nitrogens with one attached hydrogen (secondary N) is 4. The maximum atomic E-state index is 4.17. The van der Waals surface area contributed by atoms with Crippen LogP contribution < -0.4 is 21.3 Å². The summed E-state index contributed by atoms with van der Waals surface area (Å²) < 4.78 is 6.51. The van der Waals surface area contributed by atoms with Crippen molar-refractivity contribution in [2.24, 2.45) is 0 Å². The normalized spacial score (nSPS) is 9.19. The Morgan fingerprint density at radius 3 is 1.08 bits per heavy atom. The minimum Gasteiger partial charge on any atom is -0.354 e. The molecule has 0 spiro atoms. The highest BCUT2D eigenvalue weighted by atomic mass is 15.4. The van der Waals surface area contributed by atoms with E-state index in [0.29, 0.717) is 35.4 Å². The van der Waals surface area contributed by atoms with Gasteiger partial charge in [-0.1, -0.05) is 55.4 Å². The first-order valence-corrected chi connectivity index (χ1v) is 21.3. The zero-order chi connectivity index (χ0) is 47.2. The van der Waals surface area contributed by atoms with Crippen molar-refractivity contribution in [3.63, 3.8) is 0 Å². The van der Waals surface area contributed by atoms with Crippen LogP contribution in [0.2, 0.25) is 0 Å².